The summed E-state index contributed by atoms with van der Waals surface area (Å²) >= 11 is 0. The summed E-state index contributed by atoms with van der Waals surface area (Å²) in [5, 5.41) is 3.38. The minimum absolute atomic E-state index is 0.0144. The summed E-state index contributed by atoms with van der Waals surface area (Å²) in [6, 6.07) is -0.579. The predicted octanol–water partition coefficient (Wildman–Crippen LogP) is 2.71. The molecule has 4 aliphatic heterocycles. The molecule has 8 nitrogen and oxygen atoms in total. The van der Waals surface area contributed by atoms with Crippen molar-refractivity contribution in [3.63, 3.8) is 0 Å². The van der Waals surface area contributed by atoms with Crippen LogP contribution >= 0.6 is 0 Å². The molecule has 3 atom stereocenters. The van der Waals surface area contributed by atoms with Crippen LogP contribution in [0.5, 0.6) is 0 Å². The highest BCUT2D eigenvalue weighted by Crippen LogP contribution is 2.36. The molecule has 0 saturated carbocycles. The molecule has 8 heteroatoms. The molecule has 4 aliphatic rings. The predicted molar refractivity (Wildman–Crippen MR) is 140 cm³/mol. The van der Waals surface area contributed by atoms with Crippen LogP contribution in [0.2, 0.25) is 0 Å². The first-order chi connectivity index (χ1) is 17.2. The van der Waals surface area contributed by atoms with Gasteiger partial charge in [-0.1, -0.05) is 27.7 Å². The number of nitrogens with zero attached hydrogens (tertiary/aromatic N) is 3. The Morgan fingerprint density at radius 2 is 1.75 bits per heavy atom. The normalized spacial score (nSPS) is 33.2. The minimum atomic E-state index is -0.571. The summed E-state index contributed by atoms with van der Waals surface area (Å²) < 4.78 is 12.8. The van der Waals surface area contributed by atoms with Crippen molar-refractivity contribution in [3.8, 4) is 0 Å². The third-order valence-electron chi connectivity index (χ3n) is 8.42. The quantitative estimate of drug-likeness (QED) is 0.546. The zero-order chi connectivity index (χ0) is 25.9. The summed E-state index contributed by atoms with van der Waals surface area (Å²) in [6.07, 6.45) is 5.48. The molecule has 0 aromatic rings. The maximum atomic E-state index is 14.0. The van der Waals surface area contributed by atoms with Gasteiger partial charge in [0.05, 0.1) is 19.3 Å². The van der Waals surface area contributed by atoms with Gasteiger partial charge in [-0.3, -0.25) is 9.59 Å². The number of nitrogens with one attached hydrogen (secondary N) is 1. The lowest BCUT2D eigenvalue weighted by Gasteiger charge is -2.49. The molecule has 206 valence electrons. The molecular formula is C28H50N4O4. The van der Waals surface area contributed by atoms with Gasteiger partial charge < -0.3 is 29.5 Å². The number of hydrogen-bond acceptors (Lipinski definition) is 6. The number of piperidine rings is 1. The molecule has 0 radical (unpaired) electrons. The molecule has 0 aromatic carbocycles. The minimum Gasteiger partial charge on any atom is -0.349 e. The van der Waals surface area contributed by atoms with Gasteiger partial charge >= 0.3 is 0 Å². The van der Waals surface area contributed by atoms with Crippen LogP contribution in [0.15, 0.2) is 0 Å². The highest BCUT2D eigenvalue weighted by Gasteiger charge is 2.47. The summed E-state index contributed by atoms with van der Waals surface area (Å²) in [7, 11) is 0. The second kappa shape index (κ2) is 12.1. The average molecular weight is 507 g/mol. The molecule has 2 amide bonds. The second-order valence-electron chi connectivity index (χ2n) is 12.6. The van der Waals surface area contributed by atoms with Crippen LogP contribution in [0.1, 0.15) is 73.1 Å². The topological polar surface area (TPSA) is 74.4 Å². The number of carbonyl (C=O) groups is 2. The number of hydrogen-bond donors (Lipinski definition) is 1. The summed E-state index contributed by atoms with van der Waals surface area (Å²) in [5.41, 5.74) is 0. The van der Waals surface area contributed by atoms with Gasteiger partial charge in [-0.05, 0) is 57.5 Å². The number of piperazine rings is 1. The Kier molecular flexibility index (Phi) is 9.34. The SMILES string of the molecule is CC(C)CC(C(=O)N1CCC2(C[C@@H]1C)OCC(CN1CCCC1)CO2)N1CCN[C@@H](CC(C)C)C1=O. The molecule has 1 unspecified atom stereocenters. The molecular weight excluding hydrogens is 456 g/mol. The number of ether oxygens (including phenoxy) is 2. The van der Waals surface area contributed by atoms with Crippen molar-refractivity contribution < 1.29 is 19.1 Å². The Morgan fingerprint density at radius 3 is 2.36 bits per heavy atom. The van der Waals surface area contributed by atoms with Gasteiger partial charge in [0.15, 0.2) is 5.79 Å². The van der Waals surface area contributed by atoms with Gasteiger partial charge in [0.1, 0.15) is 6.04 Å². The van der Waals surface area contributed by atoms with Crippen molar-refractivity contribution in [2.75, 3.05) is 52.5 Å². The van der Waals surface area contributed by atoms with Gasteiger partial charge in [-0.15, -0.1) is 0 Å². The maximum absolute atomic E-state index is 14.0. The van der Waals surface area contributed by atoms with E-state index in [0.717, 1.165) is 32.7 Å². The monoisotopic (exact) mass is 506 g/mol. The van der Waals surface area contributed by atoms with Crippen LogP contribution in [0.3, 0.4) is 0 Å². The highest BCUT2D eigenvalue weighted by molar-refractivity contribution is 5.90. The number of amides is 2. The van der Waals surface area contributed by atoms with Crippen molar-refractivity contribution in [1.29, 1.82) is 0 Å². The molecule has 4 saturated heterocycles. The van der Waals surface area contributed by atoms with Gasteiger partial charge in [-0.25, -0.2) is 0 Å². The van der Waals surface area contributed by atoms with Crippen LogP contribution < -0.4 is 5.32 Å². The van der Waals surface area contributed by atoms with E-state index in [1.807, 2.05) is 9.80 Å². The molecule has 0 aromatic heterocycles. The third kappa shape index (κ3) is 6.61. The number of likely N-dealkylation sites (tertiary alicyclic amines) is 2. The van der Waals surface area contributed by atoms with Crippen molar-refractivity contribution in [1.82, 2.24) is 20.0 Å². The van der Waals surface area contributed by atoms with Crippen LogP contribution in [0, 0.1) is 17.8 Å². The summed E-state index contributed by atoms with van der Waals surface area (Å²) in [4.78, 5) is 33.8. The Morgan fingerprint density at radius 1 is 1.06 bits per heavy atom. The van der Waals surface area contributed by atoms with E-state index in [4.69, 9.17) is 9.47 Å². The van der Waals surface area contributed by atoms with Crippen LogP contribution in [0.25, 0.3) is 0 Å². The lowest BCUT2D eigenvalue weighted by atomic mass is 9.92. The Balaban J connectivity index is 1.37. The van der Waals surface area contributed by atoms with Gasteiger partial charge in [0.2, 0.25) is 11.8 Å². The fourth-order valence-electron chi connectivity index (χ4n) is 6.55. The molecule has 4 fully saturated rings. The lowest BCUT2D eigenvalue weighted by molar-refractivity contribution is -0.303. The van der Waals surface area contributed by atoms with Gasteiger partial charge in [-0.2, -0.15) is 0 Å². The molecule has 36 heavy (non-hydrogen) atoms. The van der Waals surface area contributed by atoms with E-state index in [0.29, 0.717) is 50.1 Å². The second-order valence-corrected chi connectivity index (χ2v) is 12.6. The van der Waals surface area contributed by atoms with E-state index in [2.05, 4.69) is 44.8 Å². The van der Waals surface area contributed by atoms with Crippen LogP contribution in [-0.4, -0.2) is 103 Å². The van der Waals surface area contributed by atoms with Crippen LogP contribution in [0.4, 0.5) is 0 Å². The standard InChI is InChI=1S/C28H50N4O4/c1-20(2)14-24-26(33)32(13-9-29-24)25(15-21(3)4)27(34)31-12-8-28(16-22(31)5)35-18-23(19-36-28)17-30-10-6-7-11-30/h20-25,29H,6-19H2,1-5H3/t22-,23?,24-,25?,28?/m0/s1. The fourth-order valence-corrected chi connectivity index (χ4v) is 6.55. The molecule has 0 bridgehead atoms. The third-order valence-corrected chi connectivity index (χ3v) is 8.42. The largest absolute Gasteiger partial charge is 0.349 e. The smallest absolute Gasteiger partial charge is 0.245 e. The van der Waals surface area contributed by atoms with Crippen molar-refractivity contribution in [3.05, 3.63) is 0 Å². The van der Waals surface area contributed by atoms with E-state index in [1.54, 1.807) is 0 Å². The summed E-state index contributed by atoms with van der Waals surface area (Å²) in [6.45, 7) is 17.5. The Labute approximate surface area is 218 Å². The first kappa shape index (κ1) is 27.8. The zero-order valence-corrected chi connectivity index (χ0v) is 23.3. The zero-order valence-electron chi connectivity index (χ0n) is 23.3. The average Bonchev–Trinajstić information content (AvgIpc) is 3.33. The molecule has 4 heterocycles. The maximum Gasteiger partial charge on any atom is 0.245 e. The first-order valence-corrected chi connectivity index (χ1v) is 14.5. The Bertz CT molecular complexity index is 746. The molecule has 0 aliphatic carbocycles. The van der Waals surface area contributed by atoms with Crippen LogP contribution in [-0.2, 0) is 19.1 Å². The molecule has 1 N–H and O–H groups in total. The van der Waals surface area contributed by atoms with E-state index in [9.17, 15) is 9.59 Å². The number of rotatable bonds is 8. The molecule has 1 spiro atoms. The summed E-state index contributed by atoms with van der Waals surface area (Å²) in [5.74, 6) is 0.781. The van der Waals surface area contributed by atoms with Crippen molar-refractivity contribution >= 4 is 11.8 Å². The fraction of sp³-hybridized carbons (Fsp3) is 0.929. The lowest BCUT2D eigenvalue weighted by Crippen LogP contribution is -2.64. The van der Waals surface area contributed by atoms with Gasteiger partial charge in [0, 0.05) is 51.0 Å². The van der Waals surface area contributed by atoms with E-state index in [1.165, 1.54) is 25.9 Å². The van der Waals surface area contributed by atoms with Crippen molar-refractivity contribution in [2.24, 2.45) is 17.8 Å². The Hall–Kier alpha value is -1.22. The van der Waals surface area contributed by atoms with Crippen molar-refractivity contribution in [2.45, 2.75) is 97.1 Å². The molecule has 4 rings (SSSR count). The van der Waals surface area contributed by atoms with E-state index < -0.39 is 11.8 Å². The van der Waals surface area contributed by atoms with E-state index >= 15 is 0 Å². The van der Waals surface area contributed by atoms with E-state index in [-0.39, 0.29) is 23.9 Å². The number of carbonyl (C=O) groups excluding carboxylic acids is 2. The first-order valence-electron chi connectivity index (χ1n) is 14.5. The van der Waals surface area contributed by atoms with Gasteiger partial charge in [0.25, 0.3) is 0 Å². The highest BCUT2D eigenvalue weighted by atomic mass is 16.7.